The molecule has 0 saturated heterocycles. The Kier molecular flexibility index (Phi) is 4.27. The van der Waals surface area contributed by atoms with E-state index in [2.05, 4.69) is 31.4 Å². The van der Waals surface area contributed by atoms with E-state index in [1.807, 2.05) is 33.9 Å². The van der Waals surface area contributed by atoms with Crippen molar-refractivity contribution >= 4 is 21.8 Å². The van der Waals surface area contributed by atoms with Gasteiger partial charge in [-0.2, -0.15) is 10.2 Å². The molecule has 1 amide bonds. The summed E-state index contributed by atoms with van der Waals surface area (Å²) in [5.74, 6) is -0.0655. The Morgan fingerprint density at radius 3 is 2.70 bits per heavy atom. The minimum absolute atomic E-state index is 0.0655. The number of nitrogens with zero attached hydrogens (tertiary/aromatic N) is 4. The van der Waals surface area contributed by atoms with Crippen molar-refractivity contribution in [3.8, 4) is 0 Å². The molecule has 20 heavy (non-hydrogen) atoms. The van der Waals surface area contributed by atoms with Crippen LogP contribution < -0.4 is 5.32 Å². The lowest BCUT2D eigenvalue weighted by Gasteiger charge is -2.14. The standard InChI is InChI=1S/C13H18BrN5O/c1-8-12(14)9(2)19(17-8)10(3)13(20)15-7-11-5-6-16-18(11)4/h5-6,10H,7H2,1-4H3,(H,15,20). The van der Waals surface area contributed by atoms with Crippen LogP contribution in [0.1, 0.15) is 30.0 Å². The maximum atomic E-state index is 12.2. The van der Waals surface area contributed by atoms with Crippen LogP contribution in [-0.2, 0) is 18.4 Å². The third kappa shape index (κ3) is 2.77. The van der Waals surface area contributed by atoms with Gasteiger partial charge in [-0.15, -0.1) is 0 Å². The zero-order valence-corrected chi connectivity index (χ0v) is 13.6. The van der Waals surface area contributed by atoms with Gasteiger partial charge in [-0.05, 0) is 42.8 Å². The fraction of sp³-hybridized carbons (Fsp3) is 0.462. The third-order valence-corrected chi connectivity index (χ3v) is 4.50. The Balaban J connectivity index is 2.05. The van der Waals surface area contributed by atoms with Gasteiger partial charge in [-0.3, -0.25) is 14.2 Å². The number of carbonyl (C=O) groups is 1. The molecule has 2 heterocycles. The van der Waals surface area contributed by atoms with Crippen LogP contribution in [0.4, 0.5) is 0 Å². The van der Waals surface area contributed by atoms with E-state index in [1.165, 1.54) is 0 Å². The molecule has 0 aliphatic carbocycles. The van der Waals surface area contributed by atoms with E-state index in [9.17, 15) is 4.79 Å². The zero-order chi connectivity index (χ0) is 14.9. The largest absolute Gasteiger partial charge is 0.349 e. The summed E-state index contributed by atoms with van der Waals surface area (Å²) in [4.78, 5) is 12.2. The molecule has 0 aromatic carbocycles. The molecule has 0 saturated carbocycles. The Morgan fingerprint density at radius 2 is 2.20 bits per heavy atom. The van der Waals surface area contributed by atoms with Crippen LogP contribution in [0.3, 0.4) is 0 Å². The first-order valence-electron chi connectivity index (χ1n) is 6.37. The first-order chi connectivity index (χ1) is 9.41. The number of rotatable bonds is 4. The lowest BCUT2D eigenvalue weighted by Crippen LogP contribution is -2.32. The fourth-order valence-electron chi connectivity index (χ4n) is 2.03. The van der Waals surface area contributed by atoms with Crippen molar-refractivity contribution in [3.63, 3.8) is 0 Å². The van der Waals surface area contributed by atoms with Crippen LogP contribution in [0.2, 0.25) is 0 Å². The molecule has 108 valence electrons. The number of hydrogen-bond donors (Lipinski definition) is 1. The molecule has 1 N–H and O–H groups in total. The van der Waals surface area contributed by atoms with E-state index in [1.54, 1.807) is 15.6 Å². The van der Waals surface area contributed by atoms with E-state index < -0.39 is 0 Å². The third-order valence-electron chi connectivity index (χ3n) is 3.35. The van der Waals surface area contributed by atoms with Gasteiger partial charge in [0.05, 0.1) is 28.1 Å². The lowest BCUT2D eigenvalue weighted by atomic mass is 10.3. The monoisotopic (exact) mass is 339 g/mol. The molecule has 0 aliphatic rings. The van der Waals surface area contributed by atoms with Gasteiger partial charge >= 0.3 is 0 Å². The van der Waals surface area contributed by atoms with Gasteiger partial charge < -0.3 is 5.32 Å². The van der Waals surface area contributed by atoms with E-state index in [0.29, 0.717) is 6.54 Å². The fourth-order valence-corrected chi connectivity index (χ4v) is 2.29. The van der Waals surface area contributed by atoms with Gasteiger partial charge in [-0.1, -0.05) is 0 Å². The van der Waals surface area contributed by atoms with Crippen molar-refractivity contribution in [1.82, 2.24) is 24.9 Å². The number of nitrogens with one attached hydrogen (secondary N) is 1. The maximum Gasteiger partial charge on any atom is 0.244 e. The molecule has 2 rings (SSSR count). The van der Waals surface area contributed by atoms with Crippen molar-refractivity contribution < 1.29 is 4.79 Å². The molecule has 7 heteroatoms. The summed E-state index contributed by atoms with van der Waals surface area (Å²) in [5, 5.41) is 11.4. The molecule has 6 nitrogen and oxygen atoms in total. The van der Waals surface area contributed by atoms with E-state index in [0.717, 1.165) is 21.6 Å². The second-order valence-electron chi connectivity index (χ2n) is 4.77. The maximum absolute atomic E-state index is 12.2. The molecular weight excluding hydrogens is 322 g/mol. The smallest absolute Gasteiger partial charge is 0.244 e. The Labute approximate surface area is 126 Å². The van der Waals surface area contributed by atoms with Gasteiger partial charge in [0.2, 0.25) is 5.91 Å². The number of hydrogen-bond acceptors (Lipinski definition) is 3. The molecule has 1 unspecified atom stereocenters. The molecule has 0 radical (unpaired) electrons. The highest BCUT2D eigenvalue weighted by molar-refractivity contribution is 9.10. The zero-order valence-electron chi connectivity index (χ0n) is 12.0. The Bertz CT molecular complexity index is 631. The molecular formula is C13H18BrN5O. The normalized spacial score (nSPS) is 12.4. The summed E-state index contributed by atoms with van der Waals surface area (Å²) in [6.45, 7) is 6.15. The number of aromatic nitrogens is 4. The van der Waals surface area contributed by atoms with Gasteiger partial charge in [0, 0.05) is 13.2 Å². The molecule has 0 aliphatic heterocycles. The van der Waals surface area contributed by atoms with Crippen LogP contribution >= 0.6 is 15.9 Å². The Morgan fingerprint density at radius 1 is 1.50 bits per heavy atom. The predicted molar refractivity (Wildman–Crippen MR) is 79.2 cm³/mol. The average Bonchev–Trinajstić information content (AvgIpc) is 2.94. The Hall–Kier alpha value is -1.63. The summed E-state index contributed by atoms with van der Waals surface area (Å²) in [6.07, 6.45) is 1.71. The van der Waals surface area contributed by atoms with Crippen LogP contribution in [0.5, 0.6) is 0 Å². The predicted octanol–water partition coefficient (Wildman–Crippen LogP) is 1.87. The first-order valence-corrected chi connectivity index (χ1v) is 7.17. The van der Waals surface area contributed by atoms with E-state index >= 15 is 0 Å². The van der Waals surface area contributed by atoms with Gasteiger partial charge in [0.15, 0.2) is 0 Å². The summed E-state index contributed by atoms with van der Waals surface area (Å²) in [7, 11) is 1.85. The SMILES string of the molecule is Cc1nn(C(C)C(=O)NCc2ccnn2C)c(C)c1Br. The molecule has 0 bridgehead atoms. The molecule has 2 aromatic heterocycles. The molecule has 0 fully saturated rings. The van der Waals surface area contributed by atoms with E-state index in [4.69, 9.17) is 0 Å². The average molecular weight is 340 g/mol. The second-order valence-corrected chi connectivity index (χ2v) is 5.56. The summed E-state index contributed by atoms with van der Waals surface area (Å²) < 4.78 is 4.42. The van der Waals surface area contributed by atoms with Gasteiger partial charge in [-0.25, -0.2) is 0 Å². The van der Waals surface area contributed by atoms with Gasteiger partial charge in [0.1, 0.15) is 6.04 Å². The highest BCUT2D eigenvalue weighted by atomic mass is 79.9. The number of aryl methyl sites for hydroxylation is 2. The topological polar surface area (TPSA) is 64.7 Å². The van der Waals surface area contributed by atoms with Crippen molar-refractivity contribution in [1.29, 1.82) is 0 Å². The number of halogens is 1. The summed E-state index contributed by atoms with van der Waals surface area (Å²) in [5.41, 5.74) is 2.79. The summed E-state index contributed by atoms with van der Waals surface area (Å²) in [6, 6.07) is 1.53. The van der Waals surface area contributed by atoms with Crippen molar-refractivity contribution in [3.05, 3.63) is 33.8 Å². The van der Waals surface area contributed by atoms with Crippen LogP contribution in [0.15, 0.2) is 16.7 Å². The lowest BCUT2D eigenvalue weighted by molar-refractivity contribution is -0.124. The van der Waals surface area contributed by atoms with Crippen molar-refractivity contribution in [2.24, 2.45) is 7.05 Å². The van der Waals surface area contributed by atoms with E-state index in [-0.39, 0.29) is 11.9 Å². The number of carbonyl (C=O) groups excluding carboxylic acids is 1. The van der Waals surface area contributed by atoms with Crippen LogP contribution in [0.25, 0.3) is 0 Å². The van der Waals surface area contributed by atoms with Crippen LogP contribution in [0, 0.1) is 13.8 Å². The van der Waals surface area contributed by atoms with Crippen molar-refractivity contribution in [2.75, 3.05) is 0 Å². The minimum atomic E-state index is -0.353. The molecule has 2 aromatic rings. The number of amides is 1. The van der Waals surface area contributed by atoms with Gasteiger partial charge in [0.25, 0.3) is 0 Å². The summed E-state index contributed by atoms with van der Waals surface area (Å²) >= 11 is 3.47. The van der Waals surface area contributed by atoms with Crippen molar-refractivity contribution in [2.45, 2.75) is 33.4 Å². The second kappa shape index (κ2) is 5.78. The first kappa shape index (κ1) is 14.8. The highest BCUT2D eigenvalue weighted by Crippen LogP contribution is 2.22. The molecule has 0 spiro atoms. The van der Waals surface area contributed by atoms with Crippen LogP contribution in [-0.4, -0.2) is 25.5 Å². The quantitative estimate of drug-likeness (QED) is 0.924. The highest BCUT2D eigenvalue weighted by Gasteiger charge is 2.20. The molecule has 1 atom stereocenters. The minimum Gasteiger partial charge on any atom is -0.349 e.